The number of nitrogens with zero attached hydrogens (tertiary/aromatic N) is 4. The summed E-state index contributed by atoms with van der Waals surface area (Å²) in [7, 11) is 0. The van der Waals surface area contributed by atoms with Crippen LogP contribution < -0.4 is 5.73 Å². The van der Waals surface area contributed by atoms with E-state index < -0.39 is 0 Å². The molecule has 0 amide bonds. The molecule has 0 aromatic carbocycles. The molecule has 3 aromatic heterocycles. The largest absolute Gasteiger partial charge is 0.396 e. The molecule has 0 bridgehead atoms. The number of nitrogen functional groups attached to an aromatic ring is 1. The highest BCUT2D eigenvalue weighted by molar-refractivity contribution is 7.17. The molecular formula is C12H7N5S. The molecule has 2 N–H and O–H groups in total. The molecule has 0 atom stereocenters. The molecule has 3 aromatic rings. The van der Waals surface area contributed by atoms with E-state index in [2.05, 4.69) is 21.0 Å². The number of thiazole rings is 1. The zero-order valence-electron chi connectivity index (χ0n) is 9.16. The first-order chi connectivity index (χ1) is 8.81. The van der Waals surface area contributed by atoms with E-state index in [4.69, 9.17) is 5.73 Å². The number of rotatable bonds is 1. The number of nitriles is 1. The molecular weight excluding hydrogens is 246 g/mol. The van der Waals surface area contributed by atoms with Crippen molar-refractivity contribution in [3.8, 4) is 17.3 Å². The Morgan fingerprint density at radius 1 is 1.28 bits per heavy atom. The lowest BCUT2D eigenvalue weighted by molar-refractivity contribution is 1.28. The van der Waals surface area contributed by atoms with Gasteiger partial charge in [-0.25, -0.2) is 9.97 Å². The Balaban J connectivity index is 2.39. The second-order valence-electron chi connectivity index (χ2n) is 3.60. The topological polar surface area (TPSA) is 88.5 Å². The lowest BCUT2D eigenvalue weighted by Crippen LogP contribution is -1.97. The van der Waals surface area contributed by atoms with Gasteiger partial charge in [-0.1, -0.05) is 0 Å². The summed E-state index contributed by atoms with van der Waals surface area (Å²) in [5, 5.41) is 9.26. The predicted molar refractivity (Wildman–Crippen MR) is 69.8 cm³/mol. The lowest BCUT2D eigenvalue weighted by atomic mass is 10.1. The highest BCUT2D eigenvalue weighted by Gasteiger charge is 2.15. The van der Waals surface area contributed by atoms with Crippen LogP contribution in [0.5, 0.6) is 0 Å². The maximum Gasteiger partial charge on any atom is 0.173 e. The Labute approximate surface area is 107 Å². The molecule has 0 saturated carbocycles. The second-order valence-corrected chi connectivity index (χ2v) is 4.46. The Morgan fingerprint density at radius 2 is 2.06 bits per heavy atom. The molecule has 0 aliphatic heterocycles. The Hall–Kier alpha value is -2.52. The number of pyridine rings is 2. The molecule has 0 spiro atoms. The van der Waals surface area contributed by atoms with Crippen molar-refractivity contribution in [2.24, 2.45) is 0 Å². The van der Waals surface area contributed by atoms with Gasteiger partial charge in [0.1, 0.15) is 11.6 Å². The quantitative estimate of drug-likeness (QED) is 0.718. The van der Waals surface area contributed by atoms with Crippen LogP contribution in [0.25, 0.3) is 21.6 Å². The predicted octanol–water partition coefficient (Wildman–Crippen LogP) is 2.21. The maximum absolute atomic E-state index is 9.26. The normalized spacial score (nSPS) is 10.4. The molecule has 3 rings (SSSR count). The Morgan fingerprint density at radius 3 is 2.78 bits per heavy atom. The van der Waals surface area contributed by atoms with Crippen molar-refractivity contribution in [1.82, 2.24) is 15.0 Å². The first-order valence-corrected chi connectivity index (χ1v) is 6.02. The summed E-state index contributed by atoms with van der Waals surface area (Å²) in [4.78, 5) is 12.5. The first-order valence-electron chi connectivity index (χ1n) is 5.14. The third-order valence-corrected chi connectivity index (χ3v) is 3.43. The first kappa shape index (κ1) is 10.6. The fourth-order valence-electron chi connectivity index (χ4n) is 1.74. The number of hydrogen-bond donors (Lipinski definition) is 1. The Kier molecular flexibility index (Phi) is 2.39. The molecule has 0 aliphatic rings. The number of anilines is 1. The van der Waals surface area contributed by atoms with Crippen molar-refractivity contribution in [2.45, 2.75) is 0 Å². The zero-order chi connectivity index (χ0) is 12.5. The lowest BCUT2D eigenvalue weighted by Gasteiger charge is -2.06. The van der Waals surface area contributed by atoms with E-state index in [9.17, 15) is 5.26 Å². The number of nitrogens with two attached hydrogens (primary N) is 1. The van der Waals surface area contributed by atoms with Crippen LogP contribution in [0, 0.1) is 11.3 Å². The van der Waals surface area contributed by atoms with Crippen LogP contribution in [0.3, 0.4) is 0 Å². The molecule has 86 valence electrons. The van der Waals surface area contributed by atoms with Gasteiger partial charge in [-0.15, -0.1) is 11.3 Å². The van der Waals surface area contributed by atoms with Gasteiger partial charge >= 0.3 is 0 Å². The van der Waals surface area contributed by atoms with Crippen molar-refractivity contribution in [3.05, 3.63) is 35.6 Å². The number of hydrogen-bond acceptors (Lipinski definition) is 6. The van der Waals surface area contributed by atoms with Crippen molar-refractivity contribution in [2.75, 3.05) is 5.73 Å². The van der Waals surface area contributed by atoms with Gasteiger partial charge in [0.2, 0.25) is 0 Å². The summed E-state index contributed by atoms with van der Waals surface area (Å²) in [6.07, 6.45) is 3.30. The van der Waals surface area contributed by atoms with Crippen LogP contribution in [-0.2, 0) is 0 Å². The van der Waals surface area contributed by atoms with Crippen molar-refractivity contribution in [1.29, 1.82) is 5.26 Å². The molecule has 3 heterocycles. The van der Waals surface area contributed by atoms with Gasteiger partial charge in [0.05, 0.1) is 21.6 Å². The molecule has 0 aliphatic carbocycles. The summed E-state index contributed by atoms with van der Waals surface area (Å²) in [5.41, 5.74) is 10.4. The molecule has 0 radical (unpaired) electrons. The van der Waals surface area contributed by atoms with Crippen molar-refractivity contribution in [3.63, 3.8) is 0 Å². The van der Waals surface area contributed by atoms with Gasteiger partial charge < -0.3 is 5.73 Å². The summed E-state index contributed by atoms with van der Waals surface area (Å²) < 4.78 is 0.754. The van der Waals surface area contributed by atoms with E-state index in [1.165, 1.54) is 11.3 Å². The average molecular weight is 253 g/mol. The molecule has 0 fully saturated rings. The molecule has 0 saturated heterocycles. The van der Waals surface area contributed by atoms with Crippen LogP contribution in [0.1, 0.15) is 5.56 Å². The maximum atomic E-state index is 9.26. The van der Waals surface area contributed by atoms with Gasteiger partial charge in [0, 0.05) is 18.0 Å². The van der Waals surface area contributed by atoms with E-state index in [0.29, 0.717) is 22.6 Å². The van der Waals surface area contributed by atoms with E-state index >= 15 is 0 Å². The van der Waals surface area contributed by atoms with Crippen LogP contribution in [0.4, 0.5) is 5.69 Å². The van der Waals surface area contributed by atoms with Crippen LogP contribution >= 0.6 is 11.3 Å². The van der Waals surface area contributed by atoms with E-state index in [1.807, 2.05) is 0 Å². The minimum absolute atomic E-state index is 0.387. The van der Waals surface area contributed by atoms with Gasteiger partial charge in [-0.3, -0.25) is 4.98 Å². The summed E-state index contributed by atoms with van der Waals surface area (Å²) in [6.45, 7) is 0. The minimum Gasteiger partial charge on any atom is -0.396 e. The monoisotopic (exact) mass is 253 g/mol. The van der Waals surface area contributed by atoms with Gasteiger partial charge in [0.25, 0.3) is 0 Å². The van der Waals surface area contributed by atoms with Crippen LogP contribution in [-0.4, -0.2) is 15.0 Å². The molecule has 6 heteroatoms. The highest BCUT2D eigenvalue weighted by Crippen LogP contribution is 2.32. The molecule has 5 nitrogen and oxygen atoms in total. The van der Waals surface area contributed by atoms with Crippen LogP contribution in [0.15, 0.2) is 30.0 Å². The third kappa shape index (κ3) is 1.49. The van der Waals surface area contributed by atoms with Crippen molar-refractivity contribution >= 4 is 27.4 Å². The summed E-state index contributed by atoms with van der Waals surface area (Å²) in [5.74, 6) is 0. The van der Waals surface area contributed by atoms with E-state index in [-0.39, 0.29) is 0 Å². The number of aromatic nitrogens is 3. The smallest absolute Gasteiger partial charge is 0.173 e. The fourth-order valence-corrected chi connectivity index (χ4v) is 2.43. The molecule has 18 heavy (non-hydrogen) atoms. The fraction of sp³-hybridized carbons (Fsp3) is 0. The third-order valence-electron chi connectivity index (χ3n) is 2.58. The summed E-state index contributed by atoms with van der Waals surface area (Å²) >= 11 is 1.39. The highest BCUT2D eigenvalue weighted by atomic mass is 32.1. The van der Waals surface area contributed by atoms with Gasteiger partial charge in [0.15, 0.2) is 5.65 Å². The number of fused-ring (bicyclic) bond motifs is 1. The van der Waals surface area contributed by atoms with Gasteiger partial charge in [-0.2, -0.15) is 5.26 Å². The SMILES string of the molecule is N#Cc1c(-c2ccncc2)nc2ncsc2c1N. The van der Waals surface area contributed by atoms with Crippen LogP contribution in [0.2, 0.25) is 0 Å². The average Bonchev–Trinajstić information content (AvgIpc) is 2.88. The molecule has 0 unspecified atom stereocenters. The van der Waals surface area contributed by atoms with E-state index in [0.717, 1.165) is 10.3 Å². The standard InChI is InChI=1S/C12H7N5S/c13-5-8-9(14)11-12(16-6-18-11)17-10(8)7-1-3-15-4-2-7/h1-4,6H,(H2,14,17). The summed E-state index contributed by atoms with van der Waals surface area (Å²) in [6, 6.07) is 5.70. The van der Waals surface area contributed by atoms with E-state index in [1.54, 1.807) is 30.0 Å². The van der Waals surface area contributed by atoms with Crippen molar-refractivity contribution < 1.29 is 0 Å². The minimum atomic E-state index is 0.387. The zero-order valence-corrected chi connectivity index (χ0v) is 9.98. The Bertz CT molecular complexity index is 757. The second kappa shape index (κ2) is 4.05. The van der Waals surface area contributed by atoms with Gasteiger partial charge in [-0.05, 0) is 12.1 Å².